The molecule has 0 aliphatic rings. The van der Waals surface area contributed by atoms with Crippen molar-refractivity contribution >= 4 is 44.3 Å². The highest BCUT2D eigenvalue weighted by Crippen LogP contribution is 2.28. The predicted octanol–water partition coefficient (Wildman–Crippen LogP) is 2.92. The van der Waals surface area contributed by atoms with Crippen molar-refractivity contribution in [3.05, 3.63) is 40.5 Å². The number of nitrogens with two attached hydrogens (primary N) is 1. The zero-order valence-corrected chi connectivity index (χ0v) is 11.2. The third-order valence-corrected chi connectivity index (χ3v) is 5.16. The maximum atomic E-state index is 12.8. The number of hydrogen-bond acceptors (Lipinski definition) is 4. The summed E-state index contributed by atoms with van der Waals surface area (Å²) in [5.74, 6) is -0.533. The van der Waals surface area contributed by atoms with Crippen LogP contribution in [0.1, 0.15) is 0 Å². The summed E-state index contributed by atoms with van der Waals surface area (Å²) >= 11 is 6.60. The monoisotopic (exact) mass is 306 g/mol. The lowest BCUT2D eigenvalue weighted by Gasteiger charge is -2.08. The SMILES string of the molecule is Nc1cc(F)ccc1NS(=O)(=O)c1ccc(Cl)s1. The molecule has 8 heteroatoms. The number of sulfonamides is 1. The number of halogens is 2. The maximum absolute atomic E-state index is 12.8. The summed E-state index contributed by atoms with van der Waals surface area (Å²) in [5, 5.41) is 0. The maximum Gasteiger partial charge on any atom is 0.271 e. The molecule has 0 saturated carbocycles. The van der Waals surface area contributed by atoms with Crippen LogP contribution in [-0.4, -0.2) is 8.42 Å². The molecular weight excluding hydrogens is 299 g/mol. The van der Waals surface area contributed by atoms with Gasteiger partial charge >= 0.3 is 0 Å². The fourth-order valence-corrected chi connectivity index (χ4v) is 3.83. The number of nitrogens with one attached hydrogen (secondary N) is 1. The minimum Gasteiger partial charge on any atom is -0.397 e. The summed E-state index contributed by atoms with van der Waals surface area (Å²) in [5.41, 5.74) is 5.66. The van der Waals surface area contributed by atoms with Gasteiger partial charge in [0.05, 0.1) is 15.7 Å². The van der Waals surface area contributed by atoms with Crippen molar-refractivity contribution in [3.8, 4) is 0 Å². The lowest BCUT2D eigenvalue weighted by Crippen LogP contribution is -2.12. The molecule has 0 aliphatic carbocycles. The Kier molecular flexibility index (Phi) is 3.47. The molecule has 0 amide bonds. The van der Waals surface area contributed by atoms with Gasteiger partial charge in [0.2, 0.25) is 0 Å². The molecule has 1 aromatic carbocycles. The Bertz CT molecular complexity index is 685. The Hall–Kier alpha value is -1.31. The van der Waals surface area contributed by atoms with Crippen molar-refractivity contribution in [2.24, 2.45) is 0 Å². The van der Waals surface area contributed by atoms with Crippen LogP contribution < -0.4 is 10.5 Å². The van der Waals surface area contributed by atoms with E-state index in [1.165, 1.54) is 18.2 Å². The van der Waals surface area contributed by atoms with Gasteiger partial charge in [0.25, 0.3) is 10.0 Å². The molecule has 0 atom stereocenters. The van der Waals surface area contributed by atoms with Crippen LogP contribution >= 0.6 is 22.9 Å². The van der Waals surface area contributed by atoms with Gasteiger partial charge in [-0.15, -0.1) is 11.3 Å². The minimum atomic E-state index is -3.75. The highest BCUT2D eigenvalue weighted by molar-refractivity contribution is 7.94. The largest absolute Gasteiger partial charge is 0.397 e. The predicted molar refractivity (Wildman–Crippen MR) is 70.9 cm³/mol. The van der Waals surface area contributed by atoms with Gasteiger partial charge in [-0.1, -0.05) is 11.6 Å². The molecule has 0 unspecified atom stereocenters. The van der Waals surface area contributed by atoms with E-state index in [1.807, 2.05) is 0 Å². The Morgan fingerprint density at radius 3 is 2.56 bits per heavy atom. The molecule has 2 rings (SSSR count). The highest BCUT2D eigenvalue weighted by Gasteiger charge is 2.17. The average molecular weight is 307 g/mol. The third kappa shape index (κ3) is 2.74. The molecule has 2 aromatic rings. The Morgan fingerprint density at radius 2 is 2.00 bits per heavy atom. The van der Waals surface area contributed by atoms with Crippen LogP contribution in [0.4, 0.5) is 15.8 Å². The van der Waals surface area contributed by atoms with E-state index in [4.69, 9.17) is 17.3 Å². The van der Waals surface area contributed by atoms with Crippen molar-refractivity contribution < 1.29 is 12.8 Å². The third-order valence-electron chi connectivity index (χ3n) is 2.07. The molecule has 0 radical (unpaired) electrons. The second kappa shape index (κ2) is 4.75. The smallest absolute Gasteiger partial charge is 0.271 e. The van der Waals surface area contributed by atoms with Crippen molar-refractivity contribution in [3.63, 3.8) is 0 Å². The van der Waals surface area contributed by atoms with Gasteiger partial charge in [-0.3, -0.25) is 4.72 Å². The fourth-order valence-electron chi connectivity index (χ4n) is 1.26. The summed E-state index contributed by atoms with van der Waals surface area (Å²) < 4.78 is 39.4. The molecule has 0 fully saturated rings. The van der Waals surface area contributed by atoms with E-state index < -0.39 is 15.8 Å². The van der Waals surface area contributed by atoms with E-state index in [9.17, 15) is 12.8 Å². The summed E-state index contributed by atoms with van der Waals surface area (Å²) in [6.45, 7) is 0. The topological polar surface area (TPSA) is 72.2 Å². The minimum absolute atomic E-state index is 0.0150. The normalized spacial score (nSPS) is 11.4. The van der Waals surface area contributed by atoms with E-state index in [1.54, 1.807) is 0 Å². The molecule has 3 N–H and O–H groups in total. The Labute approximate surface area is 112 Å². The number of anilines is 2. The quantitative estimate of drug-likeness (QED) is 0.856. The zero-order valence-electron chi connectivity index (χ0n) is 8.85. The first-order valence-corrected chi connectivity index (χ1v) is 7.39. The summed E-state index contributed by atoms with van der Waals surface area (Å²) in [6, 6.07) is 6.29. The van der Waals surface area contributed by atoms with Gasteiger partial charge in [-0.2, -0.15) is 0 Å². The van der Waals surface area contributed by atoms with E-state index in [0.717, 1.165) is 23.5 Å². The number of benzene rings is 1. The van der Waals surface area contributed by atoms with Crippen molar-refractivity contribution in [1.82, 2.24) is 0 Å². The standard InChI is InChI=1S/C10H8ClFN2O2S2/c11-9-3-4-10(17-9)18(15,16)14-8-2-1-6(12)5-7(8)13/h1-5,14H,13H2. The van der Waals surface area contributed by atoms with Crippen LogP contribution in [0, 0.1) is 5.82 Å². The van der Waals surface area contributed by atoms with Crippen LogP contribution in [0.5, 0.6) is 0 Å². The summed E-state index contributed by atoms with van der Waals surface area (Å²) in [6.07, 6.45) is 0. The van der Waals surface area contributed by atoms with Crippen LogP contribution in [-0.2, 0) is 10.0 Å². The van der Waals surface area contributed by atoms with Gasteiger partial charge < -0.3 is 5.73 Å². The molecule has 1 heterocycles. The van der Waals surface area contributed by atoms with Crippen LogP contribution in [0.3, 0.4) is 0 Å². The van der Waals surface area contributed by atoms with E-state index >= 15 is 0 Å². The van der Waals surface area contributed by atoms with Crippen molar-refractivity contribution in [2.45, 2.75) is 4.21 Å². The Morgan fingerprint density at radius 1 is 1.28 bits per heavy atom. The van der Waals surface area contributed by atoms with Crippen LogP contribution in [0.15, 0.2) is 34.5 Å². The molecule has 0 aliphatic heterocycles. The van der Waals surface area contributed by atoms with Gasteiger partial charge in [0, 0.05) is 0 Å². The lowest BCUT2D eigenvalue weighted by molar-refractivity contribution is 0.603. The Balaban J connectivity index is 2.33. The fraction of sp³-hybridized carbons (Fsp3) is 0. The summed E-state index contributed by atoms with van der Waals surface area (Å²) in [7, 11) is -3.75. The second-order valence-corrected chi connectivity index (χ2v) is 7.02. The number of nitrogen functional groups attached to an aromatic ring is 1. The molecule has 18 heavy (non-hydrogen) atoms. The number of rotatable bonds is 3. The van der Waals surface area contributed by atoms with Gasteiger partial charge in [-0.05, 0) is 30.3 Å². The average Bonchev–Trinajstić information content (AvgIpc) is 2.70. The van der Waals surface area contributed by atoms with E-state index in [0.29, 0.717) is 4.34 Å². The number of hydrogen-bond donors (Lipinski definition) is 2. The molecular formula is C10H8ClFN2O2S2. The van der Waals surface area contributed by atoms with Gasteiger partial charge in [0.15, 0.2) is 0 Å². The van der Waals surface area contributed by atoms with E-state index in [2.05, 4.69) is 4.72 Å². The highest BCUT2D eigenvalue weighted by atomic mass is 35.5. The van der Waals surface area contributed by atoms with Crippen LogP contribution in [0.25, 0.3) is 0 Å². The van der Waals surface area contributed by atoms with Gasteiger partial charge in [0.1, 0.15) is 10.0 Å². The first kappa shape index (κ1) is 13.1. The van der Waals surface area contributed by atoms with Crippen LogP contribution in [0.2, 0.25) is 4.34 Å². The molecule has 0 bridgehead atoms. The zero-order chi connectivity index (χ0) is 13.3. The summed E-state index contributed by atoms with van der Waals surface area (Å²) in [4.78, 5) is 0. The number of thiophene rings is 1. The first-order valence-electron chi connectivity index (χ1n) is 4.72. The molecule has 0 saturated heterocycles. The molecule has 0 spiro atoms. The van der Waals surface area contributed by atoms with Crippen molar-refractivity contribution in [2.75, 3.05) is 10.5 Å². The van der Waals surface area contributed by atoms with Gasteiger partial charge in [-0.25, -0.2) is 12.8 Å². The molecule has 4 nitrogen and oxygen atoms in total. The van der Waals surface area contributed by atoms with E-state index in [-0.39, 0.29) is 15.6 Å². The first-order chi connectivity index (χ1) is 8.38. The van der Waals surface area contributed by atoms with Crippen molar-refractivity contribution in [1.29, 1.82) is 0 Å². The second-order valence-electron chi connectivity index (χ2n) is 3.40. The molecule has 1 aromatic heterocycles. The lowest BCUT2D eigenvalue weighted by atomic mass is 10.3. The molecule has 96 valence electrons.